The van der Waals surface area contributed by atoms with Crippen molar-refractivity contribution in [3.05, 3.63) is 35.6 Å². The number of methoxy groups -OCH3 is 1. The topological polar surface area (TPSA) is 42.4 Å². The highest BCUT2D eigenvalue weighted by molar-refractivity contribution is 5.99. The van der Waals surface area contributed by atoms with Crippen LogP contribution in [0.3, 0.4) is 0 Å². The molecule has 0 bridgehead atoms. The molecule has 0 N–H and O–H groups in total. The van der Waals surface area contributed by atoms with E-state index in [0.29, 0.717) is 17.4 Å². The van der Waals surface area contributed by atoms with Gasteiger partial charge in [-0.05, 0) is 24.6 Å². The molecule has 0 unspecified atom stereocenters. The van der Waals surface area contributed by atoms with E-state index in [9.17, 15) is 18.0 Å². The number of carbonyl (C=O) groups excluding carboxylic acids is 1. The Morgan fingerprint density at radius 3 is 2.79 bits per heavy atom. The van der Waals surface area contributed by atoms with Crippen LogP contribution in [0.15, 0.2) is 24.3 Å². The van der Waals surface area contributed by atoms with Gasteiger partial charge in [0.1, 0.15) is 17.2 Å². The van der Waals surface area contributed by atoms with Crippen LogP contribution < -0.4 is 4.90 Å². The van der Waals surface area contributed by atoms with Crippen LogP contribution in [0.1, 0.15) is 29.6 Å². The zero-order chi connectivity index (χ0) is 17.3. The molecule has 0 atom stereocenters. The smallest absolute Gasteiger partial charge is 0.341 e. The first-order valence-electron chi connectivity index (χ1n) is 7.71. The van der Waals surface area contributed by atoms with Gasteiger partial charge in [-0.15, -0.1) is 0 Å². The molecular weight excluding hydrogens is 321 g/mol. The lowest BCUT2D eigenvalue weighted by Crippen LogP contribution is -2.28. The molecule has 1 aromatic carbocycles. The van der Waals surface area contributed by atoms with Gasteiger partial charge in [-0.2, -0.15) is 0 Å². The van der Waals surface area contributed by atoms with Crippen LogP contribution in [0.25, 0.3) is 10.9 Å². The van der Waals surface area contributed by atoms with Gasteiger partial charge in [-0.1, -0.05) is 0 Å². The fourth-order valence-electron chi connectivity index (χ4n) is 2.91. The molecule has 4 nitrogen and oxygen atoms in total. The number of alkyl halides is 2. The van der Waals surface area contributed by atoms with Crippen molar-refractivity contribution in [1.82, 2.24) is 4.98 Å². The first-order valence-corrected chi connectivity index (χ1v) is 7.71. The predicted octanol–water partition coefficient (Wildman–Crippen LogP) is 3.79. The Morgan fingerprint density at radius 1 is 1.25 bits per heavy atom. The number of halogens is 3. The summed E-state index contributed by atoms with van der Waals surface area (Å²) in [5, 5.41) is 0.584. The highest BCUT2D eigenvalue weighted by Gasteiger charge is 2.33. The summed E-state index contributed by atoms with van der Waals surface area (Å²) in [4.78, 5) is 18.1. The van der Waals surface area contributed by atoms with Crippen molar-refractivity contribution in [2.24, 2.45) is 0 Å². The minimum absolute atomic E-state index is 0.0742. The van der Waals surface area contributed by atoms with E-state index in [0.717, 1.165) is 0 Å². The first-order chi connectivity index (χ1) is 11.4. The molecular formula is C17H17F3N2O2. The first kappa shape index (κ1) is 16.5. The number of esters is 1. The second kappa shape index (κ2) is 6.30. The molecule has 1 aromatic heterocycles. The average molecular weight is 338 g/mol. The van der Waals surface area contributed by atoms with Gasteiger partial charge in [-0.3, -0.25) is 0 Å². The highest BCUT2D eigenvalue weighted by atomic mass is 19.3. The van der Waals surface area contributed by atoms with E-state index >= 15 is 0 Å². The number of rotatable bonds is 2. The number of hydrogen-bond acceptors (Lipinski definition) is 4. The SMILES string of the molecule is COC(=O)c1cc2ccc(F)cc2nc1N1CCCC(F)(F)CC1. The Hall–Kier alpha value is -2.31. The van der Waals surface area contributed by atoms with Crippen molar-refractivity contribution in [3.8, 4) is 0 Å². The predicted molar refractivity (Wildman–Crippen MR) is 84.1 cm³/mol. The molecule has 1 saturated heterocycles. The minimum Gasteiger partial charge on any atom is -0.465 e. The average Bonchev–Trinajstić information content (AvgIpc) is 2.73. The minimum atomic E-state index is -2.72. The van der Waals surface area contributed by atoms with Crippen LogP contribution >= 0.6 is 0 Å². The van der Waals surface area contributed by atoms with Crippen molar-refractivity contribution in [2.75, 3.05) is 25.1 Å². The van der Waals surface area contributed by atoms with Crippen LogP contribution in [0, 0.1) is 5.82 Å². The van der Waals surface area contributed by atoms with E-state index in [1.165, 1.54) is 25.3 Å². The van der Waals surface area contributed by atoms with Crippen LogP contribution in [0.5, 0.6) is 0 Å². The molecule has 128 valence electrons. The van der Waals surface area contributed by atoms with Crippen LogP contribution in [-0.2, 0) is 4.74 Å². The Labute approximate surface area is 137 Å². The second-order valence-electron chi connectivity index (χ2n) is 5.88. The Kier molecular flexibility index (Phi) is 4.34. The highest BCUT2D eigenvalue weighted by Crippen LogP contribution is 2.32. The number of fused-ring (bicyclic) bond motifs is 1. The number of pyridine rings is 1. The summed E-state index contributed by atoms with van der Waals surface area (Å²) in [7, 11) is 1.25. The molecule has 24 heavy (non-hydrogen) atoms. The van der Waals surface area contributed by atoms with Crippen molar-refractivity contribution in [3.63, 3.8) is 0 Å². The normalized spacial score (nSPS) is 17.6. The quantitative estimate of drug-likeness (QED) is 0.782. The van der Waals surface area contributed by atoms with Gasteiger partial charge in [0.05, 0.1) is 12.6 Å². The summed E-state index contributed by atoms with van der Waals surface area (Å²) < 4.78 is 45.4. The molecule has 2 heterocycles. The number of benzene rings is 1. The van der Waals surface area contributed by atoms with Crippen LogP contribution in [-0.4, -0.2) is 37.1 Å². The standard InChI is InChI=1S/C17H17F3N2O2/c1-24-16(23)13-9-11-3-4-12(18)10-14(11)21-15(13)22-7-2-5-17(19,20)6-8-22/h3-4,9-10H,2,5-8H2,1H3. The summed E-state index contributed by atoms with van der Waals surface area (Å²) in [5.74, 6) is -3.50. The molecule has 0 aliphatic carbocycles. The van der Waals surface area contributed by atoms with E-state index in [-0.39, 0.29) is 37.2 Å². The number of carbonyl (C=O) groups is 1. The Bertz CT molecular complexity index is 780. The number of aromatic nitrogens is 1. The van der Waals surface area contributed by atoms with Gasteiger partial charge in [0.2, 0.25) is 5.92 Å². The van der Waals surface area contributed by atoms with Gasteiger partial charge in [0, 0.05) is 37.4 Å². The van der Waals surface area contributed by atoms with Gasteiger partial charge in [-0.25, -0.2) is 22.9 Å². The molecule has 7 heteroatoms. The lowest BCUT2D eigenvalue weighted by Gasteiger charge is -2.24. The van der Waals surface area contributed by atoms with Crippen molar-refractivity contribution in [2.45, 2.75) is 25.2 Å². The molecule has 0 saturated carbocycles. The maximum Gasteiger partial charge on any atom is 0.341 e. The Morgan fingerprint density at radius 2 is 2.04 bits per heavy atom. The molecule has 0 amide bonds. The summed E-state index contributed by atoms with van der Waals surface area (Å²) in [5.41, 5.74) is 0.565. The molecule has 3 rings (SSSR count). The van der Waals surface area contributed by atoms with Crippen LogP contribution in [0.4, 0.5) is 19.0 Å². The third kappa shape index (κ3) is 3.29. The van der Waals surface area contributed by atoms with Gasteiger partial charge < -0.3 is 9.64 Å². The Balaban J connectivity index is 2.08. The number of anilines is 1. The largest absolute Gasteiger partial charge is 0.465 e. The fraction of sp³-hybridized carbons (Fsp3) is 0.412. The number of nitrogens with zero attached hydrogens (tertiary/aromatic N) is 2. The lowest BCUT2D eigenvalue weighted by atomic mass is 10.1. The van der Waals surface area contributed by atoms with E-state index in [1.54, 1.807) is 11.0 Å². The van der Waals surface area contributed by atoms with E-state index in [4.69, 9.17) is 4.74 Å². The molecule has 0 radical (unpaired) electrons. The molecule has 0 spiro atoms. The van der Waals surface area contributed by atoms with Crippen LogP contribution in [0.2, 0.25) is 0 Å². The molecule has 1 fully saturated rings. The van der Waals surface area contributed by atoms with Crippen molar-refractivity contribution in [1.29, 1.82) is 0 Å². The van der Waals surface area contributed by atoms with E-state index < -0.39 is 17.7 Å². The summed E-state index contributed by atoms with van der Waals surface area (Å²) >= 11 is 0. The maximum atomic E-state index is 13.6. The summed E-state index contributed by atoms with van der Waals surface area (Å²) in [6.45, 7) is 0.429. The second-order valence-corrected chi connectivity index (χ2v) is 5.88. The third-order valence-electron chi connectivity index (χ3n) is 4.18. The van der Waals surface area contributed by atoms with Crippen molar-refractivity contribution < 1.29 is 22.7 Å². The van der Waals surface area contributed by atoms with Gasteiger partial charge >= 0.3 is 5.97 Å². The van der Waals surface area contributed by atoms with E-state index in [2.05, 4.69) is 4.98 Å². The maximum absolute atomic E-state index is 13.6. The zero-order valence-electron chi connectivity index (χ0n) is 13.2. The third-order valence-corrected chi connectivity index (χ3v) is 4.18. The number of ether oxygens (including phenoxy) is 1. The summed E-state index contributed by atoms with van der Waals surface area (Å²) in [6, 6.07) is 5.61. The van der Waals surface area contributed by atoms with Gasteiger partial charge in [0.25, 0.3) is 0 Å². The summed E-state index contributed by atoms with van der Waals surface area (Å²) in [6.07, 6.45) is -0.216. The lowest BCUT2D eigenvalue weighted by molar-refractivity contribution is -0.0102. The van der Waals surface area contributed by atoms with E-state index in [1.807, 2.05) is 0 Å². The van der Waals surface area contributed by atoms with Crippen molar-refractivity contribution >= 4 is 22.7 Å². The molecule has 1 aliphatic rings. The molecule has 2 aromatic rings. The monoisotopic (exact) mass is 338 g/mol. The molecule has 1 aliphatic heterocycles. The van der Waals surface area contributed by atoms with Gasteiger partial charge in [0.15, 0.2) is 0 Å². The number of hydrogen-bond donors (Lipinski definition) is 0. The zero-order valence-corrected chi connectivity index (χ0v) is 13.2. The fourth-order valence-corrected chi connectivity index (χ4v) is 2.91.